The third-order valence-corrected chi connectivity index (χ3v) is 6.77. The number of anilines is 1. The molecule has 2 aromatic carbocycles. The smallest absolute Gasteiger partial charge is 0.345 e. The molecule has 1 aliphatic rings. The SMILES string of the molecule is CCOC(=O)c1c(OCCCN(C)C)nc2ccc(C)cc2c1N1CCN(C(=O)c2ccc(OC)cc2)CC1. The van der Waals surface area contributed by atoms with Crippen LogP contribution in [0.2, 0.25) is 0 Å². The van der Waals surface area contributed by atoms with Crippen molar-refractivity contribution in [3.05, 3.63) is 59.2 Å². The van der Waals surface area contributed by atoms with Gasteiger partial charge in [0.1, 0.15) is 11.3 Å². The van der Waals surface area contributed by atoms with Gasteiger partial charge >= 0.3 is 5.97 Å². The Kier molecular flexibility index (Phi) is 9.24. The highest BCUT2D eigenvalue weighted by Gasteiger charge is 2.30. The number of methoxy groups -OCH3 is 1. The van der Waals surface area contributed by atoms with Gasteiger partial charge in [-0.3, -0.25) is 4.79 Å². The number of rotatable bonds is 10. The molecule has 9 heteroatoms. The Morgan fingerprint density at radius 2 is 1.74 bits per heavy atom. The van der Waals surface area contributed by atoms with Gasteiger partial charge in [-0.15, -0.1) is 0 Å². The van der Waals surface area contributed by atoms with Gasteiger partial charge in [0.25, 0.3) is 5.91 Å². The lowest BCUT2D eigenvalue weighted by Crippen LogP contribution is -2.49. The van der Waals surface area contributed by atoms with E-state index in [0.29, 0.717) is 49.7 Å². The van der Waals surface area contributed by atoms with Crippen LogP contribution in [0.1, 0.15) is 39.6 Å². The number of ether oxygens (including phenoxy) is 3. The average Bonchev–Trinajstić information content (AvgIpc) is 2.94. The van der Waals surface area contributed by atoms with Crippen molar-refractivity contribution in [3.8, 4) is 11.6 Å². The zero-order valence-corrected chi connectivity index (χ0v) is 23.5. The van der Waals surface area contributed by atoms with E-state index in [1.807, 2.05) is 44.1 Å². The summed E-state index contributed by atoms with van der Waals surface area (Å²) in [4.78, 5) is 37.4. The van der Waals surface area contributed by atoms with E-state index in [1.165, 1.54) is 0 Å². The Labute approximate surface area is 230 Å². The number of hydrogen-bond donors (Lipinski definition) is 0. The lowest BCUT2D eigenvalue weighted by molar-refractivity contribution is 0.0520. The first-order valence-corrected chi connectivity index (χ1v) is 13.4. The number of benzene rings is 2. The van der Waals surface area contributed by atoms with Gasteiger partial charge in [0.15, 0.2) is 0 Å². The molecule has 9 nitrogen and oxygen atoms in total. The second-order valence-corrected chi connectivity index (χ2v) is 9.89. The zero-order chi connectivity index (χ0) is 27.9. The average molecular weight is 535 g/mol. The maximum Gasteiger partial charge on any atom is 0.345 e. The highest BCUT2D eigenvalue weighted by molar-refractivity contribution is 6.07. The molecule has 2 heterocycles. The molecule has 1 fully saturated rings. The van der Waals surface area contributed by atoms with Gasteiger partial charge in [0.2, 0.25) is 5.88 Å². The van der Waals surface area contributed by atoms with E-state index in [0.717, 1.165) is 35.1 Å². The van der Waals surface area contributed by atoms with Crippen LogP contribution in [-0.2, 0) is 4.74 Å². The number of piperazine rings is 1. The number of pyridine rings is 1. The lowest BCUT2D eigenvalue weighted by atomic mass is 10.0. The third-order valence-electron chi connectivity index (χ3n) is 6.77. The Balaban J connectivity index is 1.66. The summed E-state index contributed by atoms with van der Waals surface area (Å²) in [6, 6.07) is 13.2. The molecule has 208 valence electrons. The molecule has 0 radical (unpaired) electrons. The number of carbonyl (C=O) groups is 2. The van der Waals surface area contributed by atoms with E-state index in [-0.39, 0.29) is 18.4 Å². The monoisotopic (exact) mass is 534 g/mol. The molecule has 0 N–H and O–H groups in total. The van der Waals surface area contributed by atoms with Crippen LogP contribution in [0.3, 0.4) is 0 Å². The van der Waals surface area contributed by atoms with E-state index < -0.39 is 5.97 Å². The highest BCUT2D eigenvalue weighted by atomic mass is 16.5. The van der Waals surface area contributed by atoms with Gasteiger partial charge in [0.05, 0.1) is 31.5 Å². The topological polar surface area (TPSA) is 84.4 Å². The van der Waals surface area contributed by atoms with Crippen molar-refractivity contribution in [2.45, 2.75) is 20.3 Å². The van der Waals surface area contributed by atoms with Gasteiger partial charge in [-0.05, 0) is 70.8 Å². The van der Waals surface area contributed by atoms with E-state index in [9.17, 15) is 9.59 Å². The van der Waals surface area contributed by atoms with Gasteiger partial charge in [-0.25, -0.2) is 9.78 Å². The summed E-state index contributed by atoms with van der Waals surface area (Å²) in [6.45, 7) is 7.49. The van der Waals surface area contributed by atoms with Crippen LogP contribution >= 0.6 is 0 Å². The predicted molar refractivity (Wildman–Crippen MR) is 152 cm³/mol. The fraction of sp³-hybridized carbons (Fsp3) is 0.433. The summed E-state index contributed by atoms with van der Waals surface area (Å²) in [7, 11) is 5.63. The van der Waals surface area contributed by atoms with Crippen molar-refractivity contribution in [2.75, 3.05) is 72.0 Å². The molecule has 4 rings (SSSR count). The van der Waals surface area contributed by atoms with Crippen LogP contribution in [0.5, 0.6) is 11.6 Å². The van der Waals surface area contributed by atoms with E-state index in [1.54, 1.807) is 38.3 Å². The highest BCUT2D eigenvalue weighted by Crippen LogP contribution is 2.37. The van der Waals surface area contributed by atoms with Crippen LogP contribution in [-0.4, -0.2) is 93.8 Å². The molecular formula is C30H38N4O5. The molecule has 1 aliphatic heterocycles. The Morgan fingerprint density at radius 1 is 1.03 bits per heavy atom. The van der Waals surface area contributed by atoms with Gasteiger partial charge in [0, 0.05) is 43.7 Å². The fourth-order valence-corrected chi connectivity index (χ4v) is 4.76. The van der Waals surface area contributed by atoms with Crippen molar-refractivity contribution in [1.82, 2.24) is 14.8 Å². The molecule has 1 saturated heterocycles. The number of amides is 1. The number of nitrogens with zero attached hydrogens (tertiary/aromatic N) is 4. The Hall–Kier alpha value is -3.85. The standard InChI is InChI=1S/C30H38N4O5/c1-6-38-30(36)26-27(24-20-21(2)8-13-25(24)31-28(26)39-19-7-14-32(3)4)33-15-17-34(18-16-33)29(35)22-9-11-23(37-5)12-10-22/h8-13,20H,6-7,14-19H2,1-5H3. The number of esters is 1. The van der Waals surface area contributed by atoms with Crippen molar-refractivity contribution in [3.63, 3.8) is 0 Å². The molecular weight excluding hydrogens is 496 g/mol. The summed E-state index contributed by atoms with van der Waals surface area (Å²) in [5.41, 5.74) is 3.53. The van der Waals surface area contributed by atoms with Crippen molar-refractivity contribution in [2.24, 2.45) is 0 Å². The molecule has 0 bridgehead atoms. The molecule has 1 amide bonds. The van der Waals surface area contributed by atoms with Gasteiger partial charge < -0.3 is 28.9 Å². The number of carbonyl (C=O) groups excluding carboxylic acids is 2. The van der Waals surface area contributed by atoms with Crippen molar-refractivity contribution in [1.29, 1.82) is 0 Å². The Morgan fingerprint density at radius 3 is 2.38 bits per heavy atom. The summed E-state index contributed by atoms with van der Waals surface area (Å²) >= 11 is 0. The number of hydrogen-bond acceptors (Lipinski definition) is 8. The van der Waals surface area contributed by atoms with Crippen LogP contribution in [0.25, 0.3) is 10.9 Å². The van der Waals surface area contributed by atoms with Gasteiger partial charge in [-0.2, -0.15) is 0 Å². The molecule has 0 atom stereocenters. The molecule has 0 spiro atoms. The van der Waals surface area contributed by atoms with Crippen LogP contribution in [0.4, 0.5) is 5.69 Å². The largest absolute Gasteiger partial charge is 0.497 e. The van der Waals surface area contributed by atoms with Crippen molar-refractivity contribution < 1.29 is 23.8 Å². The number of aromatic nitrogens is 1. The first kappa shape index (κ1) is 28.2. The Bertz CT molecular complexity index is 1300. The zero-order valence-electron chi connectivity index (χ0n) is 23.5. The van der Waals surface area contributed by atoms with Crippen molar-refractivity contribution >= 4 is 28.5 Å². The number of aryl methyl sites for hydroxylation is 1. The summed E-state index contributed by atoms with van der Waals surface area (Å²) < 4.78 is 16.8. The summed E-state index contributed by atoms with van der Waals surface area (Å²) in [5.74, 6) is 0.517. The maximum atomic E-state index is 13.4. The molecule has 0 saturated carbocycles. The molecule has 3 aromatic rings. The predicted octanol–water partition coefficient (Wildman–Crippen LogP) is 4.02. The van der Waals surface area contributed by atoms with Crippen LogP contribution in [0, 0.1) is 6.92 Å². The second kappa shape index (κ2) is 12.8. The van der Waals surface area contributed by atoms with E-state index in [4.69, 9.17) is 19.2 Å². The van der Waals surface area contributed by atoms with E-state index >= 15 is 0 Å². The first-order valence-electron chi connectivity index (χ1n) is 13.4. The van der Waals surface area contributed by atoms with Crippen LogP contribution < -0.4 is 14.4 Å². The fourth-order valence-electron chi connectivity index (χ4n) is 4.76. The minimum Gasteiger partial charge on any atom is -0.497 e. The molecule has 0 unspecified atom stereocenters. The quantitative estimate of drug-likeness (QED) is 0.285. The first-order chi connectivity index (χ1) is 18.8. The molecule has 1 aromatic heterocycles. The second-order valence-electron chi connectivity index (χ2n) is 9.89. The number of fused-ring (bicyclic) bond motifs is 1. The molecule has 0 aliphatic carbocycles. The maximum absolute atomic E-state index is 13.4. The third kappa shape index (κ3) is 6.60. The van der Waals surface area contributed by atoms with Gasteiger partial charge in [-0.1, -0.05) is 11.6 Å². The minimum absolute atomic E-state index is 0.0248. The van der Waals surface area contributed by atoms with Crippen LogP contribution in [0.15, 0.2) is 42.5 Å². The minimum atomic E-state index is -0.456. The normalized spacial score (nSPS) is 13.6. The summed E-state index contributed by atoms with van der Waals surface area (Å²) in [6.07, 6.45) is 0.796. The van der Waals surface area contributed by atoms with E-state index in [2.05, 4.69) is 9.80 Å². The summed E-state index contributed by atoms with van der Waals surface area (Å²) in [5, 5.41) is 0.869. The molecule has 39 heavy (non-hydrogen) atoms. The lowest BCUT2D eigenvalue weighted by Gasteiger charge is -2.37.